The minimum atomic E-state index is 0.0410. The third-order valence-corrected chi connectivity index (χ3v) is 3.83. The van der Waals surface area contributed by atoms with Gasteiger partial charge in [-0.05, 0) is 37.7 Å². The van der Waals surface area contributed by atoms with Crippen molar-refractivity contribution < 1.29 is 0 Å². The lowest BCUT2D eigenvalue weighted by Gasteiger charge is -2.14. The molecule has 1 aliphatic rings. The average molecular weight is 254 g/mol. The molecule has 0 unspecified atom stereocenters. The van der Waals surface area contributed by atoms with E-state index in [9.17, 15) is 4.79 Å². The van der Waals surface area contributed by atoms with Gasteiger partial charge >= 0.3 is 0 Å². The lowest BCUT2D eigenvalue weighted by Crippen LogP contribution is -2.21. The highest BCUT2D eigenvalue weighted by molar-refractivity contribution is 5.55. The molecule has 0 saturated heterocycles. The van der Waals surface area contributed by atoms with E-state index in [-0.39, 0.29) is 5.56 Å². The Bertz CT molecular complexity index is 641. The SMILES string of the molecule is CCc1ccc(-c2nc3c(c(=O)[nH]2)CCCC3)cc1. The molecule has 0 fully saturated rings. The fourth-order valence-corrected chi connectivity index (χ4v) is 2.64. The molecular weight excluding hydrogens is 236 g/mol. The Labute approximate surface area is 112 Å². The van der Waals surface area contributed by atoms with Crippen LogP contribution in [0.5, 0.6) is 0 Å². The number of aromatic nitrogens is 2. The number of rotatable bonds is 2. The zero-order valence-corrected chi connectivity index (χ0v) is 11.2. The number of hydrogen-bond acceptors (Lipinski definition) is 2. The summed E-state index contributed by atoms with van der Waals surface area (Å²) >= 11 is 0. The monoisotopic (exact) mass is 254 g/mol. The van der Waals surface area contributed by atoms with Gasteiger partial charge in [0.25, 0.3) is 5.56 Å². The number of benzene rings is 1. The van der Waals surface area contributed by atoms with Crippen LogP contribution in [0.4, 0.5) is 0 Å². The van der Waals surface area contributed by atoms with Crippen LogP contribution in [0.3, 0.4) is 0 Å². The maximum atomic E-state index is 12.1. The highest BCUT2D eigenvalue weighted by Crippen LogP contribution is 2.20. The first-order valence-electron chi connectivity index (χ1n) is 6.99. The second kappa shape index (κ2) is 5.00. The molecule has 2 aromatic rings. The van der Waals surface area contributed by atoms with Crippen molar-refractivity contribution in [3.63, 3.8) is 0 Å². The van der Waals surface area contributed by atoms with Gasteiger partial charge in [0, 0.05) is 11.1 Å². The van der Waals surface area contributed by atoms with Crippen molar-refractivity contribution in [3.8, 4) is 11.4 Å². The molecule has 0 radical (unpaired) electrons. The highest BCUT2D eigenvalue weighted by Gasteiger charge is 2.15. The topological polar surface area (TPSA) is 45.8 Å². The zero-order valence-electron chi connectivity index (χ0n) is 11.2. The van der Waals surface area contributed by atoms with Crippen LogP contribution in [0.15, 0.2) is 29.1 Å². The quantitative estimate of drug-likeness (QED) is 0.895. The van der Waals surface area contributed by atoms with Crippen LogP contribution in [0.2, 0.25) is 0 Å². The summed E-state index contributed by atoms with van der Waals surface area (Å²) < 4.78 is 0. The molecule has 98 valence electrons. The Kier molecular flexibility index (Phi) is 3.20. The molecular formula is C16H18N2O. The van der Waals surface area contributed by atoms with Crippen LogP contribution in [-0.2, 0) is 19.3 Å². The third-order valence-electron chi connectivity index (χ3n) is 3.83. The summed E-state index contributed by atoms with van der Waals surface area (Å²) in [5.41, 5.74) is 4.20. The highest BCUT2D eigenvalue weighted by atomic mass is 16.1. The van der Waals surface area contributed by atoms with E-state index in [0.717, 1.165) is 48.9 Å². The first-order valence-corrected chi connectivity index (χ1v) is 6.99. The van der Waals surface area contributed by atoms with Crippen molar-refractivity contribution in [2.75, 3.05) is 0 Å². The summed E-state index contributed by atoms with van der Waals surface area (Å²) in [4.78, 5) is 19.7. The van der Waals surface area contributed by atoms with E-state index in [1.54, 1.807) is 0 Å². The minimum Gasteiger partial charge on any atom is -0.306 e. The molecule has 3 rings (SSSR count). The van der Waals surface area contributed by atoms with Gasteiger partial charge in [0.05, 0.1) is 5.69 Å². The number of nitrogens with zero attached hydrogens (tertiary/aromatic N) is 1. The van der Waals surface area contributed by atoms with Crippen molar-refractivity contribution in [1.29, 1.82) is 0 Å². The largest absolute Gasteiger partial charge is 0.306 e. The Morgan fingerprint density at radius 2 is 1.89 bits per heavy atom. The van der Waals surface area contributed by atoms with E-state index >= 15 is 0 Å². The van der Waals surface area contributed by atoms with Gasteiger partial charge in [-0.15, -0.1) is 0 Å². The predicted octanol–water partition coefficient (Wildman–Crippen LogP) is 2.88. The number of hydrogen-bond donors (Lipinski definition) is 1. The predicted molar refractivity (Wildman–Crippen MR) is 76.3 cm³/mol. The van der Waals surface area contributed by atoms with Gasteiger partial charge in [-0.1, -0.05) is 31.2 Å². The first-order chi connectivity index (χ1) is 9.28. The van der Waals surface area contributed by atoms with E-state index < -0.39 is 0 Å². The molecule has 0 amide bonds. The summed E-state index contributed by atoms with van der Waals surface area (Å²) in [6.07, 6.45) is 5.06. The zero-order chi connectivity index (χ0) is 13.2. The van der Waals surface area contributed by atoms with Crippen molar-refractivity contribution in [2.45, 2.75) is 39.0 Å². The van der Waals surface area contributed by atoms with E-state index in [1.165, 1.54) is 5.56 Å². The lowest BCUT2D eigenvalue weighted by molar-refractivity contribution is 0.657. The van der Waals surface area contributed by atoms with Gasteiger partial charge in [-0.2, -0.15) is 0 Å². The normalized spacial score (nSPS) is 14.2. The third kappa shape index (κ3) is 2.33. The fraction of sp³-hybridized carbons (Fsp3) is 0.375. The maximum absolute atomic E-state index is 12.1. The molecule has 3 heteroatoms. The van der Waals surface area contributed by atoms with E-state index in [4.69, 9.17) is 0 Å². The number of aryl methyl sites for hydroxylation is 2. The summed E-state index contributed by atoms with van der Waals surface area (Å²) in [6, 6.07) is 8.25. The van der Waals surface area contributed by atoms with Crippen LogP contribution in [0.25, 0.3) is 11.4 Å². The number of aromatic amines is 1. The molecule has 1 heterocycles. The van der Waals surface area contributed by atoms with Crippen LogP contribution in [-0.4, -0.2) is 9.97 Å². The molecule has 0 saturated carbocycles. The Hall–Kier alpha value is -1.90. The van der Waals surface area contributed by atoms with Gasteiger partial charge in [-0.25, -0.2) is 4.98 Å². The summed E-state index contributed by atoms with van der Waals surface area (Å²) in [5, 5.41) is 0. The Morgan fingerprint density at radius 1 is 1.16 bits per heavy atom. The number of fused-ring (bicyclic) bond motifs is 1. The Morgan fingerprint density at radius 3 is 2.63 bits per heavy atom. The molecule has 0 atom stereocenters. The molecule has 1 N–H and O–H groups in total. The Balaban J connectivity index is 2.05. The second-order valence-corrected chi connectivity index (χ2v) is 5.10. The van der Waals surface area contributed by atoms with Gasteiger partial charge in [0.2, 0.25) is 0 Å². The summed E-state index contributed by atoms with van der Waals surface area (Å²) in [6.45, 7) is 2.13. The maximum Gasteiger partial charge on any atom is 0.254 e. The van der Waals surface area contributed by atoms with Crippen molar-refractivity contribution in [1.82, 2.24) is 9.97 Å². The molecule has 1 aromatic heterocycles. The van der Waals surface area contributed by atoms with Crippen molar-refractivity contribution >= 4 is 0 Å². The summed E-state index contributed by atoms with van der Waals surface area (Å²) in [5.74, 6) is 0.702. The minimum absolute atomic E-state index is 0.0410. The fourth-order valence-electron chi connectivity index (χ4n) is 2.64. The molecule has 19 heavy (non-hydrogen) atoms. The second-order valence-electron chi connectivity index (χ2n) is 5.10. The van der Waals surface area contributed by atoms with E-state index in [1.807, 2.05) is 12.1 Å². The molecule has 3 nitrogen and oxygen atoms in total. The van der Waals surface area contributed by atoms with Crippen LogP contribution in [0, 0.1) is 0 Å². The van der Waals surface area contributed by atoms with E-state index in [0.29, 0.717) is 5.82 Å². The van der Waals surface area contributed by atoms with Gasteiger partial charge in [0.1, 0.15) is 5.82 Å². The van der Waals surface area contributed by atoms with Crippen LogP contribution < -0.4 is 5.56 Å². The van der Waals surface area contributed by atoms with Crippen LogP contribution >= 0.6 is 0 Å². The van der Waals surface area contributed by atoms with Gasteiger partial charge in [-0.3, -0.25) is 4.79 Å². The van der Waals surface area contributed by atoms with Gasteiger partial charge in [0.15, 0.2) is 0 Å². The average Bonchev–Trinajstić information content (AvgIpc) is 2.47. The molecule has 1 aromatic carbocycles. The molecule has 0 bridgehead atoms. The van der Waals surface area contributed by atoms with Gasteiger partial charge < -0.3 is 4.98 Å². The first kappa shape index (κ1) is 12.2. The van der Waals surface area contributed by atoms with Crippen molar-refractivity contribution in [3.05, 3.63) is 51.4 Å². The molecule has 0 aliphatic heterocycles. The number of nitrogens with one attached hydrogen (secondary N) is 1. The standard InChI is InChI=1S/C16H18N2O/c1-2-11-7-9-12(10-8-11)15-17-14-6-4-3-5-13(14)16(19)18-15/h7-10H,2-6H2,1H3,(H,17,18,19). The summed E-state index contributed by atoms with van der Waals surface area (Å²) in [7, 11) is 0. The number of H-pyrrole nitrogens is 1. The van der Waals surface area contributed by atoms with E-state index in [2.05, 4.69) is 29.0 Å². The lowest BCUT2D eigenvalue weighted by atomic mass is 9.97. The smallest absolute Gasteiger partial charge is 0.254 e. The molecule has 1 aliphatic carbocycles. The van der Waals surface area contributed by atoms with Crippen LogP contribution in [0.1, 0.15) is 36.6 Å². The van der Waals surface area contributed by atoms with Crippen molar-refractivity contribution in [2.24, 2.45) is 0 Å². The molecule has 0 spiro atoms.